The normalized spacial score (nSPS) is 12.3. The Balaban J connectivity index is 2.48. The summed E-state index contributed by atoms with van der Waals surface area (Å²) in [5, 5.41) is 11.0. The highest BCUT2D eigenvalue weighted by molar-refractivity contribution is 6.34. The lowest BCUT2D eigenvalue weighted by Gasteiger charge is -2.16. The van der Waals surface area contributed by atoms with E-state index in [-0.39, 0.29) is 20.6 Å². The van der Waals surface area contributed by atoms with Crippen LogP contribution in [-0.4, -0.2) is 12.2 Å². The van der Waals surface area contributed by atoms with Gasteiger partial charge in [-0.05, 0) is 18.2 Å². The van der Waals surface area contributed by atoms with Gasteiger partial charge in [0.1, 0.15) is 17.7 Å². The highest BCUT2D eigenvalue weighted by Crippen LogP contribution is 2.37. The Morgan fingerprint density at radius 2 is 1.75 bits per heavy atom. The number of rotatable bonds is 3. The van der Waals surface area contributed by atoms with E-state index in [1.54, 1.807) is 0 Å². The van der Waals surface area contributed by atoms with Crippen LogP contribution in [0.5, 0.6) is 5.75 Å². The first kappa shape index (κ1) is 15.4. The number of hydrogen-bond donors (Lipinski definition) is 1. The molecule has 0 amide bonds. The van der Waals surface area contributed by atoms with E-state index in [0.29, 0.717) is 11.3 Å². The molecule has 2 aromatic carbocycles. The molecule has 0 aliphatic heterocycles. The second kappa shape index (κ2) is 6.19. The maximum atomic E-state index is 13.8. The Morgan fingerprint density at radius 3 is 2.35 bits per heavy atom. The molecule has 0 saturated heterocycles. The zero-order valence-corrected chi connectivity index (χ0v) is 12.6. The molecular formula is C14H10Cl3FO2. The average molecular weight is 336 g/mol. The van der Waals surface area contributed by atoms with Crippen molar-refractivity contribution in [2.24, 2.45) is 0 Å². The van der Waals surface area contributed by atoms with Gasteiger partial charge in [-0.2, -0.15) is 0 Å². The predicted octanol–water partition coefficient (Wildman–Crippen LogP) is 4.88. The highest BCUT2D eigenvalue weighted by Gasteiger charge is 2.20. The number of hydrogen-bond acceptors (Lipinski definition) is 2. The lowest BCUT2D eigenvalue weighted by atomic mass is 10.0. The van der Waals surface area contributed by atoms with E-state index >= 15 is 0 Å². The summed E-state index contributed by atoms with van der Waals surface area (Å²) in [7, 11) is 1.45. The van der Waals surface area contributed by atoms with E-state index in [1.165, 1.54) is 31.4 Å². The van der Waals surface area contributed by atoms with Gasteiger partial charge < -0.3 is 9.84 Å². The van der Waals surface area contributed by atoms with Crippen LogP contribution in [0.2, 0.25) is 15.1 Å². The van der Waals surface area contributed by atoms with Gasteiger partial charge in [-0.1, -0.05) is 40.9 Å². The molecule has 1 atom stereocenters. The van der Waals surface area contributed by atoms with Crippen LogP contribution in [-0.2, 0) is 0 Å². The molecule has 0 spiro atoms. The summed E-state index contributed by atoms with van der Waals surface area (Å²) >= 11 is 17.7. The molecule has 2 rings (SSSR count). The molecule has 0 bridgehead atoms. The molecule has 0 aromatic heterocycles. The zero-order chi connectivity index (χ0) is 14.9. The van der Waals surface area contributed by atoms with Crippen LogP contribution in [0.3, 0.4) is 0 Å². The third kappa shape index (κ3) is 3.01. The lowest BCUT2D eigenvalue weighted by Crippen LogP contribution is -2.04. The van der Waals surface area contributed by atoms with Crippen LogP contribution >= 0.6 is 34.8 Å². The van der Waals surface area contributed by atoms with Gasteiger partial charge in [-0.25, -0.2) is 4.39 Å². The average Bonchev–Trinajstić information content (AvgIpc) is 2.40. The standard InChI is InChI=1S/C14H10Cl3FO2/c1-20-13-6-10(16)9(5-11(13)17)14(19)8-3-2-7(15)4-12(8)18/h2-6,14,19H,1H3. The SMILES string of the molecule is COc1cc(Cl)c(C(O)c2ccc(Cl)cc2F)cc1Cl. The Bertz CT molecular complexity index is 647. The number of benzene rings is 2. The monoisotopic (exact) mass is 334 g/mol. The van der Waals surface area contributed by atoms with E-state index in [1.807, 2.05) is 0 Å². The van der Waals surface area contributed by atoms with Gasteiger partial charge in [0.2, 0.25) is 0 Å². The second-order valence-electron chi connectivity index (χ2n) is 4.08. The summed E-state index contributed by atoms with van der Waals surface area (Å²) in [6.45, 7) is 0. The fourth-order valence-electron chi connectivity index (χ4n) is 1.80. The van der Waals surface area contributed by atoms with Gasteiger partial charge in [0.25, 0.3) is 0 Å². The molecule has 0 aliphatic rings. The summed E-state index contributed by atoms with van der Waals surface area (Å²) in [6, 6.07) is 6.93. The van der Waals surface area contributed by atoms with E-state index in [9.17, 15) is 9.50 Å². The van der Waals surface area contributed by atoms with Gasteiger partial charge in [-0.3, -0.25) is 0 Å². The molecule has 2 aromatic rings. The summed E-state index contributed by atoms with van der Waals surface area (Å²) < 4.78 is 18.8. The minimum absolute atomic E-state index is 0.0672. The van der Waals surface area contributed by atoms with Crippen LogP contribution in [0.15, 0.2) is 30.3 Å². The van der Waals surface area contributed by atoms with Crippen LogP contribution < -0.4 is 4.74 Å². The quantitative estimate of drug-likeness (QED) is 0.866. The Kier molecular flexibility index (Phi) is 4.76. The van der Waals surface area contributed by atoms with E-state index in [4.69, 9.17) is 39.5 Å². The van der Waals surface area contributed by atoms with Crippen molar-refractivity contribution in [3.8, 4) is 5.75 Å². The van der Waals surface area contributed by atoms with Gasteiger partial charge in [-0.15, -0.1) is 0 Å². The molecule has 1 unspecified atom stereocenters. The number of ether oxygens (including phenoxy) is 1. The first-order chi connectivity index (χ1) is 9.43. The van der Waals surface area contributed by atoms with Crippen molar-refractivity contribution in [2.75, 3.05) is 7.11 Å². The van der Waals surface area contributed by atoms with Crippen molar-refractivity contribution in [1.29, 1.82) is 0 Å². The first-order valence-corrected chi connectivity index (χ1v) is 6.73. The second-order valence-corrected chi connectivity index (χ2v) is 5.33. The summed E-state index contributed by atoms with van der Waals surface area (Å²) in [5.74, 6) is -0.239. The van der Waals surface area contributed by atoms with Gasteiger partial charge >= 0.3 is 0 Å². The third-order valence-electron chi connectivity index (χ3n) is 2.82. The minimum atomic E-state index is -1.25. The summed E-state index contributed by atoms with van der Waals surface area (Å²) in [5.41, 5.74) is 0.358. The van der Waals surface area contributed by atoms with Gasteiger partial charge in [0, 0.05) is 22.2 Å². The predicted molar refractivity (Wildman–Crippen MR) is 78.5 cm³/mol. The molecule has 1 N–H and O–H groups in total. The number of aliphatic hydroxyl groups is 1. The summed E-state index contributed by atoms with van der Waals surface area (Å²) in [6.07, 6.45) is -1.25. The van der Waals surface area contributed by atoms with Crippen molar-refractivity contribution in [1.82, 2.24) is 0 Å². The maximum Gasteiger partial charge on any atom is 0.138 e. The maximum absolute atomic E-state index is 13.8. The van der Waals surface area contributed by atoms with Crippen LogP contribution in [0, 0.1) is 5.82 Å². The largest absolute Gasteiger partial charge is 0.495 e. The van der Waals surface area contributed by atoms with Crippen molar-refractivity contribution >= 4 is 34.8 Å². The molecule has 0 saturated carbocycles. The fraction of sp³-hybridized carbons (Fsp3) is 0.143. The van der Waals surface area contributed by atoms with Crippen molar-refractivity contribution in [3.05, 3.63) is 62.3 Å². The topological polar surface area (TPSA) is 29.5 Å². The van der Waals surface area contributed by atoms with Gasteiger partial charge in [0.05, 0.1) is 17.2 Å². The molecule has 0 fully saturated rings. The van der Waals surface area contributed by atoms with Crippen molar-refractivity contribution < 1.29 is 14.2 Å². The van der Waals surface area contributed by atoms with Gasteiger partial charge in [0.15, 0.2) is 0 Å². The molecule has 6 heteroatoms. The number of methoxy groups -OCH3 is 1. The Hall–Kier alpha value is -1.00. The fourth-order valence-corrected chi connectivity index (χ4v) is 2.47. The zero-order valence-electron chi connectivity index (χ0n) is 10.3. The minimum Gasteiger partial charge on any atom is -0.495 e. The van der Waals surface area contributed by atoms with E-state index < -0.39 is 11.9 Å². The number of aliphatic hydroxyl groups excluding tert-OH is 1. The van der Waals surface area contributed by atoms with Crippen LogP contribution in [0.4, 0.5) is 4.39 Å². The lowest BCUT2D eigenvalue weighted by molar-refractivity contribution is 0.215. The molecule has 0 heterocycles. The molecule has 2 nitrogen and oxygen atoms in total. The molecular weight excluding hydrogens is 326 g/mol. The molecule has 0 aliphatic carbocycles. The van der Waals surface area contributed by atoms with Crippen LogP contribution in [0.25, 0.3) is 0 Å². The smallest absolute Gasteiger partial charge is 0.138 e. The first-order valence-electron chi connectivity index (χ1n) is 5.60. The molecule has 20 heavy (non-hydrogen) atoms. The van der Waals surface area contributed by atoms with Crippen molar-refractivity contribution in [3.63, 3.8) is 0 Å². The molecule has 0 radical (unpaired) electrons. The van der Waals surface area contributed by atoms with Crippen LogP contribution in [0.1, 0.15) is 17.2 Å². The number of halogens is 4. The highest BCUT2D eigenvalue weighted by atomic mass is 35.5. The summed E-state index contributed by atoms with van der Waals surface area (Å²) in [4.78, 5) is 0. The Morgan fingerprint density at radius 1 is 1.05 bits per heavy atom. The van der Waals surface area contributed by atoms with E-state index in [0.717, 1.165) is 6.07 Å². The molecule has 106 valence electrons. The third-order valence-corrected chi connectivity index (χ3v) is 3.68. The van der Waals surface area contributed by atoms with E-state index in [2.05, 4.69) is 0 Å². The van der Waals surface area contributed by atoms with Crippen molar-refractivity contribution in [2.45, 2.75) is 6.10 Å². The Labute approximate surface area is 130 Å².